The Balaban J connectivity index is 2.10. The van der Waals surface area contributed by atoms with Gasteiger partial charge in [-0.3, -0.25) is 19.1 Å². The van der Waals surface area contributed by atoms with Gasteiger partial charge >= 0.3 is 5.69 Å². The van der Waals surface area contributed by atoms with Crippen LogP contribution in [0.1, 0.15) is 13.3 Å². The van der Waals surface area contributed by atoms with Gasteiger partial charge in [0.05, 0.1) is 17.2 Å². The smallest absolute Gasteiger partial charge is 0.328 e. The lowest BCUT2D eigenvalue weighted by Gasteiger charge is -2.32. The molecule has 0 unspecified atom stereocenters. The molecule has 1 aliphatic heterocycles. The van der Waals surface area contributed by atoms with E-state index in [-0.39, 0.29) is 23.0 Å². The lowest BCUT2D eigenvalue weighted by molar-refractivity contribution is -0.139. The van der Waals surface area contributed by atoms with Crippen LogP contribution in [0, 0.1) is 0 Å². The molecular formula is C12H16BrN3O4. The number of nitrogens with zero attached hydrogens (tertiary/aromatic N) is 2. The van der Waals surface area contributed by atoms with Crippen molar-refractivity contribution in [3.8, 4) is 0 Å². The number of morpholine rings is 1. The summed E-state index contributed by atoms with van der Waals surface area (Å²) in [5.41, 5.74) is -1.09. The lowest BCUT2D eigenvalue weighted by atomic mass is 10.2. The van der Waals surface area contributed by atoms with Crippen molar-refractivity contribution in [2.24, 2.45) is 0 Å². The van der Waals surface area contributed by atoms with Crippen molar-refractivity contribution in [2.75, 3.05) is 19.7 Å². The number of aromatic nitrogens is 2. The van der Waals surface area contributed by atoms with Gasteiger partial charge < -0.3 is 9.64 Å². The van der Waals surface area contributed by atoms with Crippen LogP contribution >= 0.6 is 15.9 Å². The number of carbonyl (C=O) groups is 1. The lowest BCUT2D eigenvalue weighted by Crippen LogP contribution is -2.47. The predicted octanol–water partition coefficient (Wildman–Crippen LogP) is -0.0635. The molecule has 7 nitrogen and oxygen atoms in total. The SMILES string of the molecule is CC[C@@H]1CN(C(=O)Cn2cc(Br)c(=O)[nH]c2=O)CCO1. The third-order valence-electron chi connectivity index (χ3n) is 3.22. The molecule has 20 heavy (non-hydrogen) atoms. The Hall–Kier alpha value is -1.41. The van der Waals surface area contributed by atoms with E-state index in [0.29, 0.717) is 19.7 Å². The fourth-order valence-corrected chi connectivity index (χ4v) is 2.38. The minimum absolute atomic E-state index is 0.0479. The highest BCUT2D eigenvalue weighted by Gasteiger charge is 2.23. The van der Waals surface area contributed by atoms with Gasteiger partial charge in [0.1, 0.15) is 6.54 Å². The average molecular weight is 346 g/mol. The minimum atomic E-state index is -0.591. The van der Waals surface area contributed by atoms with Gasteiger partial charge in [0.15, 0.2) is 0 Å². The number of ether oxygens (including phenoxy) is 1. The number of aromatic amines is 1. The topological polar surface area (TPSA) is 84.4 Å². The first-order chi connectivity index (χ1) is 9.51. The van der Waals surface area contributed by atoms with Crippen molar-refractivity contribution < 1.29 is 9.53 Å². The standard InChI is InChI=1S/C12H16BrN3O4/c1-2-8-5-15(3-4-20-8)10(17)7-16-6-9(13)11(18)14-12(16)19/h6,8H,2-5,7H2,1H3,(H,14,18,19)/t8-/m1/s1. The van der Waals surface area contributed by atoms with Gasteiger partial charge in [-0.25, -0.2) is 4.79 Å². The Labute approximate surface area is 123 Å². The number of halogens is 1. The summed E-state index contributed by atoms with van der Waals surface area (Å²) < 4.78 is 6.90. The number of nitrogens with one attached hydrogen (secondary N) is 1. The van der Waals surface area contributed by atoms with E-state index in [1.165, 1.54) is 10.8 Å². The fourth-order valence-electron chi connectivity index (χ4n) is 2.04. The van der Waals surface area contributed by atoms with Crippen molar-refractivity contribution in [2.45, 2.75) is 26.0 Å². The van der Waals surface area contributed by atoms with Crippen LogP contribution in [0.15, 0.2) is 20.3 Å². The number of H-pyrrole nitrogens is 1. The molecule has 0 aromatic carbocycles. The van der Waals surface area contributed by atoms with E-state index in [9.17, 15) is 14.4 Å². The first-order valence-electron chi connectivity index (χ1n) is 6.40. The third-order valence-corrected chi connectivity index (χ3v) is 3.78. The molecule has 1 aromatic heterocycles. The van der Waals surface area contributed by atoms with E-state index in [2.05, 4.69) is 20.9 Å². The minimum Gasteiger partial charge on any atom is -0.375 e. The van der Waals surface area contributed by atoms with Gasteiger partial charge in [-0.2, -0.15) is 0 Å². The monoisotopic (exact) mass is 345 g/mol. The summed E-state index contributed by atoms with van der Waals surface area (Å²) in [6.45, 7) is 3.48. The zero-order valence-electron chi connectivity index (χ0n) is 11.1. The molecule has 0 saturated carbocycles. The molecule has 8 heteroatoms. The van der Waals surface area contributed by atoms with Gasteiger partial charge in [0.25, 0.3) is 5.56 Å². The molecule has 2 heterocycles. The van der Waals surface area contributed by atoms with Gasteiger partial charge in [-0.05, 0) is 22.4 Å². The second kappa shape index (κ2) is 6.36. The van der Waals surface area contributed by atoms with Gasteiger partial charge in [0.2, 0.25) is 5.91 Å². The Kier molecular flexibility index (Phi) is 4.77. The van der Waals surface area contributed by atoms with Gasteiger partial charge in [-0.1, -0.05) is 6.92 Å². The van der Waals surface area contributed by atoms with E-state index >= 15 is 0 Å². The van der Waals surface area contributed by atoms with E-state index in [1.807, 2.05) is 6.92 Å². The number of amides is 1. The first kappa shape index (κ1) is 15.0. The summed E-state index contributed by atoms with van der Waals surface area (Å²) in [6.07, 6.45) is 2.22. The highest BCUT2D eigenvalue weighted by Crippen LogP contribution is 2.09. The number of carbonyl (C=O) groups excluding carboxylic acids is 1. The molecule has 110 valence electrons. The zero-order chi connectivity index (χ0) is 14.7. The summed E-state index contributed by atoms with van der Waals surface area (Å²) in [5.74, 6) is -0.159. The Morgan fingerprint density at radius 1 is 1.55 bits per heavy atom. The quantitative estimate of drug-likeness (QED) is 0.831. The maximum Gasteiger partial charge on any atom is 0.328 e. The molecule has 1 aromatic rings. The maximum atomic E-state index is 12.2. The summed E-state index contributed by atoms with van der Waals surface area (Å²) in [7, 11) is 0. The molecule has 2 rings (SSSR count). The molecule has 1 amide bonds. The molecule has 1 fully saturated rings. The number of rotatable bonds is 3. The van der Waals surface area contributed by atoms with Crippen LogP contribution in [-0.2, 0) is 16.1 Å². The van der Waals surface area contributed by atoms with Crippen molar-refractivity contribution in [3.63, 3.8) is 0 Å². The summed E-state index contributed by atoms with van der Waals surface area (Å²) in [4.78, 5) is 38.9. The molecule has 1 N–H and O–H groups in total. The number of hydrogen-bond acceptors (Lipinski definition) is 4. The van der Waals surface area contributed by atoms with E-state index in [0.717, 1.165) is 6.42 Å². The third kappa shape index (κ3) is 3.37. The first-order valence-corrected chi connectivity index (χ1v) is 7.19. The largest absolute Gasteiger partial charge is 0.375 e. The van der Waals surface area contributed by atoms with Crippen molar-refractivity contribution in [3.05, 3.63) is 31.5 Å². The average Bonchev–Trinajstić information content (AvgIpc) is 2.44. The Morgan fingerprint density at radius 2 is 2.30 bits per heavy atom. The predicted molar refractivity (Wildman–Crippen MR) is 75.6 cm³/mol. The summed E-state index contributed by atoms with van der Waals surface area (Å²) in [5, 5.41) is 0. The molecule has 0 aliphatic carbocycles. The van der Waals surface area contributed by atoms with Crippen LogP contribution < -0.4 is 11.2 Å². The summed E-state index contributed by atoms with van der Waals surface area (Å²) in [6, 6.07) is 0. The van der Waals surface area contributed by atoms with Crippen LogP contribution in [0.3, 0.4) is 0 Å². The second-order valence-corrected chi connectivity index (χ2v) is 5.46. The Bertz CT molecular complexity index is 609. The van der Waals surface area contributed by atoms with Crippen LogP contribution in [0.2, 0.25) is 0 Å². The van der Waals surface area contributed by atoms with Gasteiger partial charge in [0, 0.05) is 19.3 Å². The van der Waals surface area contributed by atoms with Crippen LogP contribution in [0.5, 0.6) is 0 Å². The highest BCUT2D eigenvalue weighted by atomic mass is 79.9. The van der Waals surface area contributed by atoms with Crippen molar-refractivity contribution in [1.82, 2.24) is 14.5 Å². The molecule has 0 spiro atoms. The second-order valence-electron chi connectivity index (χ2n) is 4.61. The van der Waals surface area contributed by atoms with E-state index < -0.39 is 11.2 Å². The van der Waals surface area contributed by atoms with Crippen molar-refractivity contribution >= 4 is 21.8 Å². The molecule has 0 radical (unpaired) electrons. The molecular weight excluding hydrogens is 330 g/mol. The van der Waals surface area contributed by atoms with E-state index in [4.69, 9.17) is 4.74 Å². The highest BCUT2D eigenvalue weighted by molar-refractivity contribution is 9.10. The molecule has 1 saturated heterocycles. The van der Waals surface area contributed by atoms with Gasteiger partial charge in [-0.15, -0.1) is 0 Å². The zero-order valence-corrected chi connectivity index (χ0v) is 12.7. The maximum absolute atomic E-state index is 12.2. The normalized spacial score (nSPS) is 19.1. The molecule has 1 atom stereocenters. The fraction of sp³-hybridized carbons (Fsp3) is 0.583. The van der Waals surface area contributed by atoms with Crippen LogP contribution in [0.25, 0.3) is 0 Å². The van der Waals surface area contributed by atoms with Crippen molar-refractivity contribution in [1.29, 1.82) is 0 Å². The van der Waals surface area contributed by atoms with Crippen LogP contribution in [-0.4, -0.2) is 46.2 Å². The van der Waals surface area contributed by atoms with E-state index in [1.54, 1.807) is 4.90 Å². The molecule has 0 bridgehead atoms. The number of hydrogen-bond donors (Lipinski definition) is 1. The summed E-state index contributed by atoms with van der Waals surface area (Å²) >= 11 is 3.04. The molecule has 1 aliphatic rings. The van der Waals surface area contributed by atoms with Crippen LogP contribution in [0.4, 0.5) is 0 Å². The Morgan fingerprint density at radius 3 is 3.00 bits per heavy atom.